The normalized spacial score (nSPS) is 10.2. The Morgan fingerprint density at radius 1 is 1.32 bits per heavy atom. The molecule has 0 saturated carbocycles. The maximum absolute atomic E-state index is 11.2. The van der Waals surface area contributed by atoms with Crippen LogP contribution in [0.2, 0.25) is 0 Å². The number of nitrogens with zero attached hydrogens (tertiary/aromatic N) is 1. The van der Waals surface area contributed by atoms with Gasteiger partial charge in [0.05, 0.1) is 12.8 Å². The van der Waals surface area contributed by atoms with Crippen LogP contribution in [0.15, 0.2) is 11.0 Å². The van der Waals surface area contributed by atoms with Gasteiger partial charge in [0.15, 0.2) is 0 Å². The molecular weight excluding hydrogens is 246 g/mol. The van der Waals surface area contributed by atoms with E-state index in [1.165, 1.54) is 31.9 Å². The van der Waals surface area contributed by atoms with Crippen LogP contribution in [-0.4, -0.2) is 23.0 Å². The summed E-state index contributed by atoms with van der Waals surface area (Å²) in [5.74, 6) is 0.271. The summed E-state index contributed by atoms with van der Waals surface area (Å²) < 4.78 is 5.42. The highest BCUT2D eigenvalue weighted by molar-refractivity contribution is 5.68. The Labute approximate surface area is 112 Å². The molecule has 0 radical (unpaired) electrons. The minimum atomic E-state index is -0.445. The van der Waals surface area contributed by atoms with Crippen LogP contribution < -0.4 is 15.6 Å². The minimum Gasteiger partial charge on any atom is -0.477 e. The van der Waals surface area contributed by atoms with Gasteiger partial charge in [0.25, 0.3) is 5.56 Å². The monoisotopic (exact) mass is 267 g/mol. The summed E-state index contributed by atoms with van der Waals surface area (Å²) in [5.41, 5.74) is -0.445. The van der Waals surface area contributed by atoms with Crippen molar-refractivity contribution in [1.82, 2.24) is 9.97 Å². The van der Waals surface area contributed by atoms with Crippen LogP contribution in [0.25, 0.3) is 0 Å². The van der Waals surface area contributed by atoms with Gasteiger partial charge in [-0.1, -0.05) is 39.0 Å². The molecule has 0 spiro atoms. The third-order valence-electron chi connectivity index (χ3n) is 2.71. The van der Waals surface area contributed by atoms with E-state index in [4.69, 9.17) is 4.74 Å². The molecule has 0 atom stereocenters. The smallest absolute Gasteiger partial charge is 0.291 e. The minimum absolute atomic E-state index is 0.0459. The number of hydrogen-bond donors (Lipinski definition) is 2. The lowest BCUT2D eigenvalue weighted by molar-refractivity contribution is -0.105. The van der Waals surface area contributed by atoms with Gasteiger partial charge in [0.1, 0.15) is 0 Å². The summed E-state index contributed by atoms with van der Waals surface area (Å²) in [6.07, 6.45) is 8.90. The lowest BCUT2D eigenvalue weighted by Gasteiger charge is -2.05. The van der Waals surface area contributed by atoms with Gasteiger partial charge in [0.2, 0.25) is 18.1 Å². The van der Waals surface area contributed by atoms with Gasteiger partial charge in [-0.3, -0.25) is 9.59 Å². The first kappa shape index (κ1) is 15.2. The molecule has 0 unspecified atom stereocenters. The van der Waals surface area contributed by atoms with E-state index in [1.54, 1.807) is 0 Å². The number of rotatable bonds is 10. The number of H-pyrrole nitrogens is 1. The SMILES string of the molecule is CCCCCCCCOc1c[nH]c(=O)c(NC=O)n1. The molecule has 2 N–H and O–H groups in total. The molecule has 19 heavy (non-hydrogen) atoms. The molecule has 6 heteroatoms. The van der Waals surface area contributed by atoms with Crippen molar-refractivity contribution in [3.05, 3.63) is 16.6 Å². The summed E-state index contributed by atoms with van der Waals surface area (Å²) in [7, 11) is 0. The number of anilines is 1. The maximum Gasteiger partial charge on any atom is 0.291 e. The maximum atomic E-state index is 11.2. The van der Waals surface area contributed by atoms with E-state index in [1.807, 2.05) is 0 Å². The van der Waals surface area contributed by atoms with Crippen LogP contribution in [0.1, 0.15) is 45.4 Å². The molecule has 0 aliphatic carbocycles. The number of carbonyl (C=O) groups excluding carboxylic acids is 1. The zero-order chi connectivity index (χ0) is 13.9. The van der Waals surface area contributed by atoms with Crippen molar-refractivity contribution < 1.29 is 9.53 Å². The molecule has 1 aromatic rings. The number of nitrogens with one attached hydrogen (secondary N) is 2. The van der Waals surface area contributed by atoms with Crippen molar-refractivity contribution in [3.63, 3.8) is 0 Å². The van der Waals surface area contributed by atoms with Crippen molar-refractivity contribution in [2.45, 2.75) is 45.4 Å². The van der Waals surface area contributed by atoms with Gasteiger partial charge in [-0.25, -0.2) is 0 Å². The van der Waals surface area contributed by atoms with Gasteiger partial charge in [-0.2, -0.15) is 4.98 Å². The molecule has 0 aliphatic heterocycles. The summed E-state index contributed by atoms with van der Waals surface area (Å²) in [5, 5.41) is 2.23. The Balaban J connectivity index is 2.27. The van der Waals surface area contributed by atoms with E-state index >= 15 is 0 Å². The Morgan fingerprint density at radius 3 is 2.79 bits per heavy atom. The number of carbonyl (C=O) groups is 1. The molecule has 0 saturated heterocycles. The van der Waals surface area contributed by atoms with E-state index < -0.39 is 5.56 Å². The lowest BCUT2D eigenvalue weighted by Crippen LogP contribution is -2.15. The third-order valence-corrected chi connectivity index (χ3v) is 2.71. The molecule has 1 heterocycles. The van der Waals surface area contributed by atoms with E-state index in [2.05, 4.69) is 22.2 Å². The second-order valence-electron chi connectivity index (χ2n) is 4.29. The summed E-state index contributed by atoms with van der Waals surface area (Å²) in [4.78, 5) is 27.9. The predicted molar refractivity (Wildman–Crippen MR) is 73.4 cm³/mol. The molecule has 106 valence electrons. The van der Waals surface area contributed by atoms with Gasteiger partial charge in [0, 0.05) is 0 Å². The number of aromatic nitrogens is 2. The highest BCUT2D eigenvalue weighted by atomic mass is 16.5. The van der Waals surface area contributed by atoms with Crippen LogP contribution in [0.3, 0.4) is 0 Å². The molecule has 0 aromatic carbocycles. The molecule has 1 amide bonds. The van der Waals surface area contributed by atoms with Crippen molar-refractivity contribution in [3.8, 4) is 5.88 Å². The molecule has 1 rings (SSSR count). The fourth-order valence-electron chi connectivity index (χ4n) is 1.68. The Kier molecular flexibility index (Phi) is 7.31. The molecule has 0 aliphatic rings. The standard InChI is InChI=1S/C13H21N3O3/c1-2-3-4-5-6-7-8-19-11-9-14-13(18)12(16-11)15-10-17/h9-10H,2-8H2,1H3,(H,14,18)(H,15,16,17). The first-order valence-corrected chi connectivity index (χ1v) is 6.70. The van der Waals surface area contributed by atoms with E-state index in [0.29, 0.717) is 18.9 Å². The molecule has 6 nitrogen and oxygen atoms in total. The third kappa shape index (κ3) is 6.03. The largest absolute Gasteiger partial charge is 0.477 e. The highest BCUT2D eigenvalue weighted by Gasteiger charge is 2.03. The zero-order valence-corrected chi connectivity index (χ0v) is 11.3. The van der Waals surface area contributed by atoms with Gasteiger partial charge < -0.3 is 15.0 Å². The summed E-state index contributed by atoms with van der Waals surface area (Å²) >= 11 is 0. The van der Waals surface area contributed by atoms with Crippen molar-refractivity contribution in [1.29, 1.82) is 0 Å². The van der Waals surface area contributed by atoms with Gasteiger partial charge >= 0.3 is 0 Å². The first-order chi connectivity index (χ1) is 9.27. The van der Waals surface area contributed by atoms with Crippen LogP contribution in [0, 0.1) is 0 Å². The Hall–Kier alpha value is -1.85. The topological polar surface area (TPSA) is 84.1 Å². The van der Waals surface area contributed by atoms with E-state index in [0.717, 1.165) is 12.8 Å². The average molecular weight is 267 g/mol. The zero-order valence-electron chi connectivity index (χ0n) is 11.3. The van der Waals surface area contributed by atoms with Crippen molar-refractivity contribution >= 4 is 12.2 Å². The number of hydrogen-bond acceptors (Lipinski definition) is 4. The summed E-state index contributed by atoms with van der Waals surface area (Å²) in [6.45, 7) is 2.75. The second kappa shape index (κ2) is 9.13. The fourth-order valence-corrected chi connectivity index (χ4v) is 1.68. The van der Waals surface area contributed by atoms with Crippen molar-refractivity contribution in [2.24, 2.45) is 0 Å². The summed E-state index contributed by atoms with van der Waals surface area (Å²) in [6, 6.07) is 0. The second-order valence-corrected chi connectivity index (χ2v) is 4.29. The Morgan fingerprint density at radius 2 is 2.05 bits per heavy atom. The first-order valence-electron chi connectivity index (χ1n) is 6.70. The van der Waals surface area contributed by atoms with Crippen LogP contribution in [0.5, 0.6) is 5.88 Å². The number of amides is 1. The Bertz CT molecular complexity index is 431. The van der Waals surface area contributed by atoms with E-state index in [-0.39, 0.29) is 5.82 Å². The number of ether oxygens (including phenoxy) is 1. The quantitative estimate of drug-likeness (QED) is 0.502. The van der Waals surface area contributed by atoms with Crippen LogP contribution in [-0.2, 0) is 4.79 Å². The van der Waals surface area contributed by atoms with Crippen LogP contribution >= 0.6 is 0 Å². The molecule has 1 aromatic heterocycles. The fraction of sp³-hybridized carbons (Fsp3) is 0.615. The van der Waals surface area contributed by atoms with Crippen molar-refractivity contribution in [2.75, 3.05) is 11.9 Å². The van der Waals surface area contributed by atoms with E-state index in [9.17, 15) is 9.59 Å². The van der Waals surface area contributed by atoms with Crippen LogP contribution in [0.4, 0.5) is 5.82 Å². The molecule has 0 bridgehead atoms. The molecular formula is C13H21N3O3. The number of aromatic amines is 1. The van der Waals surface area contributed by atoms with Gasteiger partial charge in [-0.15, -0.1) is 0 Å². The molecule has 0 fully saturated rings. The highest BCUT2D eigenvalue weighted by Crippen LogP contribution is 2.08. The lowest BCUT2D eigenvalue weighted by atomic mass is 10.1. The predicted octanol–water partition coefficient (Wildman–Crippen LogP) is 2.08. The number of unbranched alkanes of at least 4 members (excludes halogenated alkanes) is 5. The van der Waals surface area contributed by atoms with Gasteiger partial charge in [-0.05, 0) is 6.42 Å². The average Bonchev–Trinajstić information content (AvgIpc) is 2.41.